The van der Waals surface area contributed by atoms with Gasteiger partial charge >= 0.3 is 0 Å². The Morgan fingerprint density at radius 3 is 1.47 bits per heavy atom. The highest BCUT2D eigenvalue weighted by Gasteiger charge is 2.03. The molecule has 0 aliphatic carbocycles. The van der Waals surface area contributed by atoms with Gasteiger partial charge in [0.2, 0.25) is 0 Å². The average molecular weight is 541 g/mol. The molecule has 0 spiro atoms. The van der Waals surface area contributed by atoms with Gasteiger partial charge in [-0.2, -0.15) is 0 Å². The molecule has 0 bridgehead atoms. The second-order valence-corrected chi connectivity index (χ2v) is 11.9. The summed E-state index contributed by atoms with van der Waals surface area (Å²) in [4.78, 5) is 9.18. The summed E-state index contributed by atoms with van der Waals surface area (Å²) < 4.78 is 5.96. The number of thioether (sulfide) groups is 1. The van der Waals surface area contributed by atoms with Gasteiger partial charge in [-0.05, 0) is 30.5 Å². The third kappa shape index (κ3) is 16.4. The quantitative estimate of drug-likeness (QED) is 0.0712. The molecule has 1 aromatic carbocycles. The first kappa shape index (κ1) is 32.7. The van der Waals surface area contributed by atoms with Crippen LogP contribution in [0.15, 0.2) is 41.8 Å². The van der Waals surface area contributed by atoms with Crippen LogP contribution < -0.4 is 4.74 Å². The topological polar surface area (TPSA) is 35.0 Å². The fraction of sp³-hybridized carbons (Fsp3) is 0.706. The number of unbranched alkanes of at least 4 members (excludes halogenated alkanes) is 18. The third-order valence-corrected chi connectivity index (χ3v) is 8.27. The van der Waals surface area contributed by atoms with Crippen LogP contribution in [0.2, 0.25) is 0 Å². The zero-order valence-electron chi connectivity index (χ0n) is 24.7. The maximum absolute atomic E-state index is 5.96. The largest absolute Gasteiger partial charge is 0.494 e. The summed E-state index contributed by atoms with van der Waals surface area (Å²) in [7, 11) is 0. The minimum atomic E-state index is 0.809. The lowest BCUT2D eigenvalue weighted by atomic mass is 10.1. The van der Waals surface area contributed by atoms with Gasteiger partial charge in [0.05, 0.1) is 6.61 Å². The van der Waals surface area contributed by atoms with E-state index in [0.717, 1.165) is 40.8 Å². The van der Waals surface area contributed by atoms with E-state index in [-0.39, 0.29) is 0 Å². The highest BCUT2D eigenvalue weighted by Crippen LogP contribution is 2.23. The van der Waals surface area contributed by atoms with E-state index in [0.29, 0.717) is 0 Å². The molecular formula is C34H56N2OS. The van der Waals surface area contributed by atoms with Crippen LogP contribution >= 0.6 is 11.8 Å². The molecule has 0 N–H and O–H groups in total. The number of hydrogen-bond acceptors (Lipinski definition) is 4. The monoisotopic (exact) mass is 540 g/mol. The standard InChI is InChI=1S/C34H56N2OS/c1-3-5-7-9-11-13-15-17-19-21-27-37-33-25-23-31(24-26-33)32-29-35-34(36-30-32)38-28-22-20-18-16-14-12-10-8-6-4-2/h23-26,29-30H,3-22,27-28H2,1-2H3. The summed E-state index contributed by atoms with van der Waals surface area (Å²) in [6.07, 6.45) is 31.2. The number of benzene rings is 1. The molecule has 0 aliphatic rings. The van der Waals surface area contributed by atoms with Crippen molar-refractivity contribution in [2.75, 3.05) is 12.4 Å². The smallest absolute Gasteiger partial charge is 0.187 e. The van der Waals surface area contributed by atoms with Crippen LogP contribution in [0, 0.1) is 0 Å². The van der Waals surface area contributed by atoms with Gasteiger partial charge in [-0.15, -0.1) is 0 Å². The van der Waals surface area contributed by atoms with Crippen LogP contribution in [-0.4, -0.2) is 22.3 Å². The van der Waals surface area contributed by atoms with Crippen molar-refractivity contribution in [2.24, 2.45) is 0 Å². The van der Waals surface area contributed by atoms with E-state index >= 15 is 0 Å². The van der Waals surface area contributed by atoms with E-state index in [2.05, 4.69) is 48.1 Å². The van der Waals surface area contributed by atoms with Gasteiger partial charge in [-0.3, -0.25) is 0 Å². The number of nitrogens with zero attached hydrogens (tertiary/aromatic N) is 2. The summed E-state index contributed by atoms with van der Waals surface area (Å²) in [6, 6.07) is 8.37. The second kappa shape index (κ2) is 23.3. The summed E-state index contributed by atoms with van der Waals surface area (Å²) >= 11 is 1.78. The molecule has 1 heterocycles. The molecule has 0 atom stereocenters. The molecule has 0 unspecified atom stereocenters. The van der Waals surface area contributed by atoms with E-state index in [1.54, 1.807) is 11.8 Å². The summed E-state index contributed by atoms with van der Waals surface area (Å²) in [5.41, 5.74) is 2.21. The Hall–Kier alpha value is -1.55. The molecule has 214 valence electrons. The van der Waals surface area contributed by atoms with Gasteiger partial charge in [0.25, 0.3) is 0 Å². The molecule has 0 amide bonds. The van der Waals surface area contributed by atoms with Crippen LogP contribution in [0.5, 0.6) is 5.75 Å². The molecule has 2 aromatic rings. The minimum Gasteiger partial charge on any atom is -0.494 e. The molecule has 0 saturated carbocycles. The molecule has 0 aliphatic heterocycles. The number of rotatable bonds is 25. The first-order valence-electron chi connectivity index (χ1n) is 16.0. The zero-order valence-corrected chi connectivity index (χ0v) is 25.5. The molecule has 4 heteroatoms. The van der Waals surface area contributed by atoms with E-state index in [9.17, 15) is 0 Å². The maximum atomic E-state index is 5.96. The van der Waals surface area contributed by atoms with Gasteiger partial charge in [-0.1, -0.05) is 153 Å². The third-order valence-electron chi connectivity index (χ3n) is 7.31. The van der Waals surface area contributed by atoms with E-state index in [4.69, 9.17) is 4.74 Å². The van der Waals surface area contributed by atoms with Crippen molar-refractivity contribution < 1.29 is 4.74 Å². The van der Waals surface area contributed by atoms with Crippen LogP contribution in [0.25, 0.3) is 11.1 Å². The first-order valence-corrected chi connectivity index (χ1v) is 17.0. The van der Waals surface area contributed by atoms with E-state index in [1.165, 1.54) is 122 Å². The molecule has 0 fully saturated rings. The first-order chi connectivity index (χ1) is 18.8. The van der Waals surface area contributed by atoms with Gasteiger partial charge in [0.15, 0.2) is 5.16 Å². The average Bonchev–Trinajstić information content (AvgIpc) is 2.95. The van der Waals surface area contributed by atoms with Gasteiger partial charge in [0, 0.05) is 23.7 Å². The molecule has 2 rings (SSSR count). The lowest BCUT2D eigenvalue weighted by Gasteiger charge is -2.08. The van der Waals surface area contributed by atoms with E-state index in [1.807, 2.05) is 12.4 Å². The Kier molecular flexibility index (Phi) is 20.1. The highest BCUT2D eigenvalue weighted by molar-refractivity contribution is 7.99. The molecule has 0 radical (unpaired) electrons. The maximum Gasteiger partial charge on any atom is 0.187 e. The van der Waals surface area contributed by atoms with Crippen molar-refractivity contribution in [1.82, 2.24) is 9.97 Å². The van der Waals surface area contributed by atoms with Crippen molar-refractivity contribution in [3.05, 3.63) is 36.7 Å². The molecule has 3 nitrogen and oxygen atoms in total. The fourth-order valence-corrected chi connectivity index (χ4v) is 5.60. The molecule has 38 heavy (non-hydrogen) atoms. The number of aromatic nitrogens is 2. The predicted molar refractivity (Wildman–Crippen MR) is 167 cm³/mol. The summed E-state index contributed by atoms with van der Waals surface area (Å²) in [5, 5.41) is 0.890. The Morgan fingerprint density at radius 2 is 0.974 bits per heavy atom. The Bertz CT molecular complexity index is 711. The summed E-state index contributed by atoms with van der Waals surface area (Å²) in [6.45, 7) is 5.37. The van der Waals surface area contributed by atoms with Crippen LogP contribution in [0.1, 0.15) is 142 Å². The number of ether oxygens (including phenoxy) is 1. The minimum absolute atomic E-state index is 0.809. The van der Waals surface area contributed by atoms with E-state index < -0.39 is 0 Å². The van der Waals surface area contributed by atoms with Gasteiger partial charge < -0.3 is 4.74 Å². The predicted octanol–water partition coefficient (Wildman–Crippen LogP) is 11.5. The van der Waals surface area contributed by atoms with Crippen molar-refractivity contribution >= 4 is 11.8 Å². The Labute approximate surface area is 239 Å². The molecular weight excluding hydrogens is 484 g/mol. The Morgan fingerprint density at radius 1 is 0.526 bits per heavy atom. The van der Waals surface area contributed by atoms with Crippen molar-refractivity contribution in [1.29, 1.82) is 0 Å². The van der Waals surface area contributed by atoms with Gasteiger partial charge in [-0.25, -0.2) is 9.97 Å². The highest BCUT2D eigenvalue weighted by atomic mass is 32.2. The van der Waals surface area contributed by atoms with Crippen LogP contribution in [0.4, 0.5) is 0 Å². The SMILES string of the molecule is CCCCCCCCCCCCOc1ccc(-c2cnc(SCCCCCCCCCCCC)nc2)cc1. The Balaban J connectivity index is 1.50. The van der Waals surface area contributed by atoms with Crippen molar-refractivity contribution in [3.8, 4) is 16.9 Å². The second-order valence-electron chi connectivity index (χ2n) is 10.8. The summed E-state index contributed by atoms with van der Waals surface area (Å²) in [5.74, 6) is 2.07. The molecule has 1 aromatic heterocycles. The lowest BCUT2D eigenvalue weighted by Crippen LogP contribution is -1.97. The van der Waals surface area contributed by atoms with Crippen LogP contribution in [0.3, 0.4) is 0 Å². The van der Waals surface area contributed by atoms with Crippen molar-refractivity contribution in [2.45, 2.75) is 147 Å². The molecule has 0 saturated heterocycles. The van der Waals surface area contributed by atoms with Crippen LogP contribution in [-0.2, 0) is 0 Å². The normalized spacial score (nSPS) is 11.2. The lowest BCUT2D eigenvalue weighted by molar-refractivity contribution is 0.304. The van der Waals surface area contributed by atoms with Crippen molar-refractivity contribution in [3.63, 3.8) is 0 Å². The number of hydrogen-bond donors (Lipinski definition) is 0. The van der Waals surface area contributed by atoms with Gasteiger partial charge in [0.1, 0.15) is 5.75 Å². The zero-order chi connectivity index (χ0) is 26.9. The fourth-order valence-electron chi connectivity index (χ4n) is 4.82.